The van der Waals surface area contributed by atoms with E-state index in [0.29, 0.717) is 5.95 Å². The Morgan fingerprint density at radius 2 is 1.94 bits per heavy atom. The van der Waals surface area contributed by atoms with Crippen molar-refractivity contribution in [3.63, 3.8) is 0 Å². The van der Waals surface area contributed by atoms with E-state index in [2.05, 4.69) is 37.8 Å². The zero-order chi connectivity index (χ0) is 23.2. The maximum atomic E-state index is 13.6. The Labute approximate surface area is 201 Å². The highest BCUT2D eigenvalue weighted by molar-refractivity contribution is 6.31. The summed E-state index contributed by atoms with van der Waals surface area (Å²) in [6.45, 7) is 0.800. The average Bonchev–Trinajstić information content (AvgIpc) is 3.54. The first kappa shape index (κ1) is 20.9. The minimum Gasteiger partial charge on any atom is -0.357 e. The van der Waals surface area contributed by atoms with Crippen molar-refractivity contribution in [2.45, 2.75) is 25.4 Å². The van der Waals surface area contributed by atoms with Crippen LogP contribution in [0.1, 0.15) is 18.3 Å². The molecule has 4 heterocycles. The molecule has 0 amide bonds. The summed E-state index contributed by atoms with van der Waals surface area (Å²) in [6.07, 6.45) is 5.71. The van der Waals surface area contributed by atoms with Crippen molar-refractivity contribution in [3.05, 3.63) is 83.7 Å². The molecular weight excluding hydrogens is 451 g/mol. The van der Waals surface area contributed by atoms with E-state index < -0.39 is 0 Å². The molecule has 0 radical (unpaired) electrons. The van der Waals surface area contributed by atoms with E-state index in [1.807, 2.05) is 18.2 Å². The molecule has 6 rings (SSSR count). The molecular formula is C26H22ClFN6. The second kappa shape index (κ2) is 8.25. The van der Waals surface area contributed by atoms with E-state index in [1.54, 1.807) is 25.4 Å². The Bertz CT molecular complexity index is 1500. The Hall–Kier alpha value is -3.71. The van der Waals surface area contributed by atoms with Gasteiger partial charge in [-0.2, -0.15) is 0 Å². The molecule has 34 heavy (non-hydrogen) atoms. The highest BCUT2D eigenvalue weighted by Gasteiger charge is 2.31. The zero-order valence-corrected chi connectivity index (χ0v) is 19.3. The predicted molar refractivity (Wildman–Crippen MR) is 132 cm³/mol. The van der Waals surface area contributed by atoms with Gasteiger partial charge in [-0.3, -0.25) is 0 Å². The summed E-state index contributed by atoms with van der Waals surface area (Å²) in [6, 6.07) is 16.7. The van der Waals surface area contributed by atoms with Gasteiger partial charge >= 0.3 is 0 Å². The summed E-state index contributed by atoms with van der Waals surface area (Å²) < 4.78 is 18.2. The number of halogens is 2. The van der Waals surface area contributed by atoms with Crippen LogP contribution in [0.3, 0.4) is 0 Å². The summed E-state index contributed by atoms with van der Waals surface area (Å²) in [7, 11) is 1.80. The van der Waals surface area contributed by atoms with Crippen LogP contribution in [0.5, 0.6) is 0 Å². The smallest absolute Gasteiger partial charge is 0.222 e. The first-order valence-electron chi connectivity index (χ1n) is 11.2. The van der Waals surface area contributed by atoms with Gasteiger partial charge in [0, 0.05) is 53.9 Å². The van der Waals surface area contributed by atoms with Gasteiger partial charge in [0.05, 0.1) is 23.1 Å². The molecule has 6 nitrogen and oxygen atoms in total. The number of imidazole rings is 1. The lowest BCUT2D eigenvalue weighted by Gasteiger charge is -2.19. The summed E-state index contributed by atoms with van der Waals surface area (Å²) >= 11 is 6.19. The van der Waals surface area contributed by atoms with Crippen molar-refractivity contribution in [1.29, 1.82) is 0 Å². The number of benzene rings is 2. The monoisotopic (exact) mass is 472 g/mol. The van der Waals surface area contributed by atoms with E-state index in [1.165, 1.54) is 12.1 Å². The summed E-state index contributed by atoms with van der Waals surface area (Å²) in [5.74, 6) is 1.29. The van der Waals surface area contributed by atoms with Crippen molar-refractivity contribution >= 4 is 28.5 Å². The van der Waals surface area contributed by atoms with Crippen LogP contribution in [-0.2, 0) is 13.0 Å². The van der Waals surface area contributed by atoms with Gasteiger partial charge in [-0.15, -0.1) is 0 Å². The Kier molecular flexibility index (Phi) is 5.07. The standard InChI is InChI=1S/C26H22ClFN6/c1-29-26-30-12-10-21(31-26)25-24(16-2-5-19(28)6-3-16)32-23-9-7-20(34(23)25)15-33-13-11-17-14-18(27)4-8-22(17)33/h2-6,8,10-14,20H,7,9,15H2,1H3,(H,29,30,31). The Morgan fingerprint density at radius 3 is 2.76 bits per heavy atom. The van der Waals surface area contributed by atoms with Crippen molar-refractivity contribution < 1.29 is 4.39 Å². The van der Waals surface area contributed by atoms with E-state index in [9.17, 15) is 4.39 Å². The van der Waals surface area contributed by atoms with Crippen LogP contribution in [0.4, 0.5) is 10.3 Å². The topological polar surface area (TPSA) is 60.6 Å². The fourth-order valence-electron chi connectivity index (χ4n) is 4.87. The molecule has 0 saturated heterocycles. The largest absolute Gasteiger partial charge is 0.357 e. The number of rotatable bonds is 5. The molecule has 0 fully saturated rings. The van der Waals surface area contributed by atoms with Crippen LogP contribution < -0.4 is 5.32 Å². The molecule has 0 aliphatic carbocycles. The molecule has 3 aromatic heterocycles. The number of aryl methyl sites for hydroxylation is 1. The molecule has 1 aliphatic heterocycles. The number of anilines is 1. The molecule has 8 heteroatoms. The van der Waals surface area contributed by atoms with Gasteiger partial charge in [0.15, 0.2) is 0 Å². The van der Waals surface area contributed by atoms with Gasteiger partial charge in [0.25, 0.3) is 0 Å². The lowest BCUT2D eigenvalue weighted by Crippen LogP contribution is -2.13. The minimum atomic E-state index is -0.269. The molecule has 0 bridgehead atoms. The lowest BCUT2D eigenvalue weighted by molar-refractivity contribution is 0.459. The summed E-state index contributed by atoms with van der Waals surface area (Å²) in [5, 5.41) is 4.88. The van der Waals surface area contributed by atoms with Crippen molar-refractivity contribution in [1.82, 2.24) is 24.1 Å². The summed E-state index contributed by atoms with van der Waals surface area (Å²) in [5.41, 5.74) is 4.54. The third-order valence-corrected chi connectivity index (χ3v) is 6.67. The highest BCUT2D eigenvalue weighted by Crippen LogP contribution is 2.40. The third kappa shape index (κ3) is 3.53. The van der Waals surface area contributed by atoms with Crippen LogP contribution >= 0.6 is 11.6 Å². The Balaban J connectivity index is 1.48. The van der Waals surface area contributed by atoms with Gasteiger partial charge in [0.2, 0.25) is 5.95 Å². The minimum absolute atomic E-state index is 0.200. The van der Waals surface area contributed by atoms with Gasteiger partial charge in [-0.25, -0.2) is 19.3 Å². The molecule has 2 aromatic carbocycles. The molecule has 1 atom stereocenters. The number of fused-ring (bicyclic) bond motifs is 2. The van der Waals surface area contributed by atoms with Crippen molar-refractivity contribution in [3.8, 4) is 22.6 Å². The zero-order valence-electron chi connectivity index (χ0n) is 18.5. The number of hydrogen-bond donors (Lipinski definition) is 1. The van der Waals surface area contributed by atoms with Crippen molar-refractivity contribution in [2.75, 3.05) is 12.4 Å². The van der Waals surface area contributed by atoms with E-state index >= 15 is 0 Å². The first-order chi connectivity index (χ1) is 16.6. The average molecular weight is 473 g/mol. The van der Waals surface area contributed by atoms with E-state index in [0.717, 1.165) is 63.8 Å². The third-order valence-electron chi connectivity index (χ3n) is 6.43. The number of hydrogen-bond acceptors (Lipinski definition) is 4. The fourth-order valence-corrected chi connectivity index (χ4v) is 5.05. The van der Waals surface area contributed by atoms with Crippen LogP contribution in [0, 0.1) is 5.82 Å². The number of nitrogens with one attached hydrogen (secondary N) is 1. The van der Waals surface area contributed by atoms with Crippen molar-refractivity contribution in [2.24, 2.45) is 0 Å². The molecule has 0 saturated carbocycles. The molecule has 170 valence electrons. The maximum Gasteiger partial charge on any atom is 0.222 e. The quantitative estimate of drug-likeness (QED) is 0.341. The van der Waals surface area contributed by atoms with E-state index in [-0.39, 0.29) is 11.9 Å². The number of nitrogens with zero attached hydrogens (tertiary/aromatic N) is 5. The van der Waals surface area contributed by atoms with Gasteiger partial charge < -0.3 is 14.5 Å². The molecule has 1 aliphatic rings. The second-order valence-electron chi connectivity index (χ2n) is 8.48. The lowest BCUT2D eigenvalue weighted by atomic mass is 10.1. The van der Waals surface area contributed by atoms with Crippen LogP contribution in [0.2, 0.25) is 5.02 Å². The normalized spacial score (nSPS) is 15.1. The van der Waals surface area contributed by atoms with Crippen LogP contribution in [0.25, 0.3) is 33.5 Å². The SMILES string of the molecule is CNc1nccc(-c2c(-c3ccc(F)cc3)nc3n2C(Cn2ccc4cc(Cl)ccc42)CC3)n1. The first-order valence-corrected chi connectivity index (χ1v) is 11.6. The predicted octanol–water partition coefficient (Wildman–Crippen LogP) is 5.98. The number of aromatic nitrogens is 5. The fraction of sp³-hybridized carbons (Fsp3) is 0.192. The molecule has 1 N–H and O–H groups in total. The molecule has 0 spiro atoms. The highest BCUT2D eigenvalue weighted by atomic mass is 35.5. The van der Waals surface area contributed by atoms with Gasteiger partial charge in [-0.05, 0) is 61.0 Å². The second-order valence-corrected chi connectivity index (χ2v) is 8.92. The molecule has 5 aromatic rings. The Morgan fingerprint density at radius 1 is 1.09 bits per heavy atom. The maximum absolute atomic E-state index is 13.6. The van der Waals surface area contributed by atoms with Crippen LogP contribution in [0.15, 0.2) is 67.0 Å². The van der Waals surface area contributed by atoms with Crippen LogP contribution in [-0.4, -0.2) is 31.1 Å². The summed E-state index contributed by atoms with van der Waals surface area (Å²) in [4.78, 5) is 14.0. The molecule has 1 unspecified atom stereocenters. The van der Waals surface area contributed by atoms with Gasteiger partial charge in [0.1, 0.15) is 11.6 Å². The van der Waals surface area contributed by atoms with Gasteiger partial charge in [-0.1, -0.05) is 11.6 Å². The van der Waals surface area contributed by atoms with E-state index in [4.69, 9.17) is 21.6 Å².